The molecule has 0 fully saturated rings. The fraction of sp³-hybridized carbons (Fsp3) is 0.263. The fourth-order valence-electron chi connectivity index (χ4n) is 2.62. The molecule has 0 aliphatic heterocycles. The predicted molar refractivity (Wildman–Crippen MR) is 99.4 cm³/mol. The molecule has 3 heterocycles. The van der Waals surface area contributed by atoms with Gasteiger partial charge in [0.2, 0.25) is 5.82 Å². The number of ether oxygens (including phenoxy) is 1. The van der Waals surface area contributed by atoms with Crippen molar-refractivity contribution < 1.29 is 14.3 Å². The summed E-state index contributed by atoms with van der Waals surface area (Å²) in [6.45, 7) is 1.31. The summed E-state index contributed by atoms with van der Waals surface area (Å²) in [4.78, 5) is 33.5. The Hall–Kier alpha value is -3.26. The summed E-state index contributed by atoms with van der Waals surface area (Å²) in [5.41, 5.74) is 1.51. The van der Waals surface area contributed by atoms with Crippen molar-refractivity contribution in [3.05, 3.63) is 66.0 Å². The number of fused-ring (bicyclic) bond motifs is 1. The zero-order chi connectivity index (χ0) is 19.1. The maximum absolute atomic E-state index is 12.6. The van der Waals surface area contributed by atoms with Gasteiger partial charge >= 0.3 is 0 Å². The van der Waals surface area contributed by atoms with Gasteiger partial charge in [0.05, 0.1) is 17.8 Å². The number of imidazole rings is 1. The number of amides is 2. The Labute approximate surface area is 156 Å². The zero-order valence-electron chi connectivity index (χ0n) is 15.0. The van der Waals surface area contributed by atoms with Gasteiger partial charge in [-0.05, 0) is 30.7 Å². The first kappa shape index (κ1) is 18.5. The molecular weight excluding hydrogens is 346 g/mol. The predicted octanol–water partition coefficient (Wildman–Crippen LogP) is 1.43. The first-order valence-electron chi connectivity index (χ1n) is 8.63. The molecule has 0 aromatic carbocycles. The van der Waals surface area contributed by atoms with Crippen LogP contribution in [0.3, 0.4) is 0 Å². The largest absolute Gasteiger partial charge is 0.385 e. The van der Waals surface area contributed by atoms with Crippen LogP contribution in [0.4, 0.5) is 0 Å². The number of carbonyl (C=O) groups is 2. The van der Waals surface area contributed by atoms with Crippen LogP contribution < -0.4 is 10.6 Å². The lowest BCUT2D eigenvalue weighted by molar-refractivity contribution is 0.0937. The van der Waals surface area contributed by atoms with Crippen LogP contribution >= 0.6 is 0 Å². The van der Waals surface area contributed by atoms with E-state index in [1.807, 2.05) is 18.2 Å². The molecule has 3 rings (SSSR count). The molecule has 0 saturated heterocycles. The molecule has 8 nitrogen and oxygen atoms in total. The third-order valence-electron chi connectivity index (χ3n) is 3.93. The van der Waals surface area contributed by atoms with E-state index in [9.17, 15) is 9.59 Å². The van der Waals surface area contributed by atoms with Gasteiger partial charge in [-0.25, -0.2) is 4.98 Å². The summed E-state index contributed by atoms with van der Waals surface area (Å²) in [6, 6.07) is 10.8. The molecule has 8 heteroatoms. The second-order valence-electron chi connectivity index (χ2n) is 5.85. The maximum atomic E-state index is 12.6. The van der Waals surface area contributed by atoms with E-state index in [0.717, 1.165) is 5.69 Å². The lowest BCUT2D eigenvalue weighted by Crippen LogP contribution is -2.27. The highest BCUT2D eigenvalue weighted by Gasteiger charge is 2.21. The van der Waals surface area contributed by atoms with E-state index in [-0.39, 0.29) is 29.9 Å². The number of nitrogens with zero attached hydrogens (tertiary/aromatic N) is 3. The zero-order valence-corrected chi connectivity index (χ0v) is 15.0. The molecule has 3 aromatic heterocycles. The topological polar surface area (TPSA) is 97.6 Å². The van der Waals surface area contributed by atoms with Crippen molar-refractivity contribution >= 4 is 17.3 Å². The number of hydrogen-bond acceptors (Lipinski definition) is 5. The van der Waals surface area contributed by atoms with E-state index in [1.54, 1.807) is 42.1 Å². The molecule has 0 bridgehead atoms. The molecule has 2 N–H and O–H groups in total. The number of rotatable bonds is 8. The van der Waals surface area contributed by atoms with Gasteiger partial charge in [0.15, 0.2) is 5.69 Å². The van der Waals surface area contributed by atoms with Crippen LogP contribution in [0.25, 0.3) is 5.52 Å². The standard InChI is InChI=1S/C19H21N5O3/c1-27-12-6-10-21-19(26)17-23-16(15-8-3-5-11-24(15)17)18(25)22-13-14-7-2-4-9-20-14/h2-5,7-9,11H,6,10,12-13H2,1H3,(H,21,26)(H,22,25). The number of carbonyl (C=O) groups excluding carboxylic acids is 2. The van der Waals surface area contributed by atoms with Crippen LogP contribution in [0.2, 0.25) is 0 Å². The molecule has 0 unspecified atom stereocenters. The molecule has 2 amide bonds. The Morgan fingerprint density at radius 2 is 1.96 bits per heavy atom. The van der Waals surface area contributed by atoms with E-state index < -0.39 is 0 Å². The second-order valence-corrected chi connectivity index (χ2v) is 5.85. The number of pyridine rings is 2. The summed E-state index contributed by atoms with van der Waals surface area (Å²) in [5.74, 6) is -0.523. The summed E-state index contributed by atoms with van der Waals surface area (Å²) < 4.78 is 6.58. The van der Waals surface area contributed by atoms with Crippen molar-refractivity contribution in [3.63, 3.8) is 0 Å². The van der Waals surface area contributed by atoms with Gasteiger partial charge in [0.25, 0.3) is 11.8 Å². The Morgan fingerprint density at radius 1 is 1.11 bits per heavy atom. The van der Waals surface area contributed by atoms with Gasteiger partial charge in [0.1, 0.15) is 0 Å². The van der Waals surface area contributed by atoms with Gasteiger partial charge in [-0.3, -0.25) is 19.0 Å². The SMILES string of the molecule is COCCCNC(=O)c1nc(C(=O)NCc2ccccn2)c2ccccn12. The van der Waals surface area contributed by atoms with Gasteiger partial charge in [-0.2, -0.15) is 0 Å². The monoisotopic (exact) mass is 367 g/mol. The van der Waals surface area contributed by atoms with Crippen molar-refractivity contribution in [1.29, 1.82) is 0 Å². The molecule has 3 aromatic rings. The lowest BCUT2D eigenvalue weighted by Gasteiger charge is -2.03. The van der Waals surface area contributed by atoms with Crippen molar-refractivity contribution in [2.75, 3.05) is 20.3 Å². The summed E-state index contributed by atoms with van der Waals surface area (Å²) in [5, 5.41) is 5.59. The molecule has 0 aliphatic carbocycles. The summed E-state index contributed by atoms with van der Waals surface area (Å²) in [6.07, 6.45) is 4.07. The van der Waals surface area contributed by atoms with Crippen LogP contribution in [-0.4, -0.2) is 46.4 Å². The maximum Gasteiger partial charge on any atom is 0.287 e. The first-order valence-corrected chi connectivity index (χ1v) is 8.63. The van der Waals surface area contributed by atoms with Gasteiger partial charge in [0, 0.05) is 32.7 Å². The number of hydrogen-bond donors (Lipinski definition) is 2. The van der Waals surface area contributed by atoms with Crippen LogP contribution in [0.15, 0.2) is 48.8 Å². The molecule has 0 atom stereocenters. The summed E-state index contributed by atoms with van der Waals surface area (Å²) >= 11 is 0. The Balaban J connectivity index is 1.77. The first-order chi connectivity index (χ1) is 13.2. The average molecular weight is 367 g/mol. The minimum atomic E-state index is -0.359. The van der Waals surface area contributed by atoms with E-state index in [4.69, 9.17) is 4.74 Å². The number of methoxy groups -OCH3 is 1. The Bertz CT molecular complexity index is 923. The highest BCUT2D eigenvalue weighted by molar-refractivity contribution is 6.02. The minimum absolute atomic E-state index is 0.172. The molecule has 140 valence electrons. The highest BCUT2D eigenvalue weighted by Crippen LogP contribution is 2.13. The quantitative estimate of drug-likeness (QED) is 0.587. The third-order valence-corrected chi connectivity index (χ3v) is 3.93. The number of nitrogens with one attached hydrogen (secondary N) is 2. The van der Waals surface area contributed by atoms with Crippen molar-refractivity contribution in [3.8, 4) is 0 Å². The van der Waals surface area contributed by atoms with Crippen molar-refractivity contribution in [2.45, 2.75) is 13.0 Å². The van der Waals surface area contributed by atoms with Crippen LogP contribution in [0.5, 0.6) is 0 Å². The average Bonchev–Trinajstić information content (AvgIpc) is 3.10. The van der Waals surface area contributed by atoms with E-state index in [0.29, 0.717) is 25.1 Å². The number of aromatic nitrogens is 3. The molecule has 0 saturated carbocycles. The van der Waals surface area contributed by atoms with Gasteiger partial charge < -0.3 is 15.4 Å². The van der Waals surface area contributed by atoms with Crippen LogP contribution in [-0.2, 0) is 11.3 Å². The van der Waals surface area contributed by atoms with E-state index >= 15 is 0 Å². The van der Waals surface area contributed by atoms with Crippen LogP contribution in [0.1, 0.15) is 33.2 Å². The smallest absolute Gasteiger partial charge is 0.287 e. The molecule has 0 spiro atoms. The van der Waals surface area contributed by atoms with E-state index in [2.05, 4.69) is 20.6 Å². The lowest BCUT2D eigenvalue weighted by atomic mass is 10.3. The van der Waals surface area contributed by atoms with Crippen molar-refractivity contribution in [1.82, 2.24) is 25.0 Å². The van der Waals surface area contributed by atoms with Gasteiger partial charge in [-0.15, -0.1) is 0 Å². The summed E-state index contributed by atoms with van der Waals surface area (Å²) in [7, 11) is 1.61. The van der Waals surface area contributed by atoms with Crippen molar-refractivity contribution in [2.24, 2.45) is 0 Å². The molecular formula is C19H21N5O3. The van der Waals surface area contributed by atoms with E-state index in [1.165, 1.54) is 0 Å². The normalized spacial score (nSPS) is 10.7. The Kier molecular flexibility index (Phi) is 6.11. The molecule has 0 aliphatic rings. The van der Waals surface area contributed by atoms with Crippen LogP contribution in [0, 0.1) is 0 Å². The highest BCUT2D eigenvalue weighted by atomic mass is 16.5. The molecule has 27 heavy (non-hydrogen) atoms. The third kappa shape index (κ3) is 4.48. The fourth-order valence-corrected chi connectivity index (χ4v) is 2.62. The Morgan fingerprint density at radius 3 is 2.74 bits per heavy atom. The second kappa shape index (κ2) is 8.91. The molecule has 0 radical (unpaired) electrons. The van der Waals surface area contributed by atoms with Gasteiger partial charge in [-0.1, -0.05) is 12.1 Å². The minimum Gasteiger partial charge on any atom is -0.385 e.